The first-order valence-corrected chi connectivity index (χ1v) is 15.1. The molecular formula is C27H38F4O5S. The standard InChI is InChI=1S/C27H38F4O5S/c28-26(29,27(30,31)37(33,34)35)17-36-25-22(19-12-6-2-7-13-19)16-21(18-10-4-1-5-11-18)24(32)23(25)20-14-8-3-9-15-20/h16,18-20,32H,1-15,17H2,(H,33,34,35). The van der Waals surface area contributed by atoms with E-state index in [1.165, 1.54) is 0 Å². The average Bonchev–Trinajstić information content (AvgIpc) is 2.88. The van der Waals surface area contributed by atoms with Crippen molar-refractivity contribution in [2.45, 2.75) is 125 Å². The van der Waals surface area contributed by atoms with Crippen LogP contribution in [0.15, 0.2) is 6.07 Å². The fourth-order valence-corrected chi connectivity index (χ4v) is 6.96. The summed E-state index contributed by atoms with van der Waals surface area (Å²) >= 11 is 0. The lowest BCUT2D eigenvalue weighted by molar-refractivity contribution is -0.176. The number of phenolic OH excluding ortho intramolecular Hbond substituents is 1. The third-order valence-electron chi connectivity index (χ3n) is 8.60. The second-order valence-electron chi connectivity index (χ2n) is 11.1. The van der Waals surface area contributed by atoms with Gasteiger partial charge in [0, 0.05) is 5.56 Å². The maximum atomic E-state index is 14.5. The largest absolute Gasteiger partial charge is 0.507 e. The van der Waals surface area contributed by atoms with Gasteiger partial charge in [0.05, 0.1) is 0 Å². The number of aromatic hydroxyl groups is 1. The maximum absolute atomic E-state index is 14.5. The van der Waals surface area contributed by atoms with Gasteiger partial charge in [0.25, 0.3) is 0 Å². The van der Waals surface area contributed by atoms with Crippen LogP contribution in [0.2, 0.25) is 0 Å². The van der Waals surface area contributed by atoms with Crippen molar-refractivity contribution in [3.8, 4) is 11.5 Å². The van der Waals surface area contributed by atoms with Crippen LogP contribution in [-0.4, -0.2) is 35.9 Å². The lowest BCUT2D eigenvalue weighted by Crippen LogP contribution is -2.50. The van der Waals surface area contributed by atoms with Gasteiger partial charge in [0.15, 0.2) is 6.61 Å². The van der Waals surface area contributed by atoms with Crippen LogP contribution in [0.25, 0.3) is 0 Å². The first-order valence-electron chi connectivity index (χ1n) is 13.7. The molecule has 0 spiro atoms. The molecule has 3 aliphatic carbocycles. The van der Waals surface area contributed by atoms with Crippen molar-refractivity contribution in [2.75, 3.05) is 6.61 Å². The minimum absolute atomic E-state index is 0.00155. The minimum Gasteiger partial charge on any atom is -0.507 e. The van der Waals surface area contributed by atoms with E-state index in [-0.39, 0.29) is 29.3 Å². The molecule has 0 radical (unpaired) electrons. The van der Waals surface area contributed by atoms with E-state index in [0.717, 1.165) is 102 Å². The summed E-state index contributed by atoms with van der Waals surface area (Å²) in [7, 11) is -6.37. The SMILES string of the molecule is O=S(=O)(O)C(F)(F)C(F)(F)COc1c(C2CCCCC2)cc(C2CCCCC2)c(O)c1C1CCCCC1. The Hall–Kier alpha value is -1.55. The molecule has 3 fully saturated rings. The van der Waals surface area contributed by atoms with Gasteiger partial charge in [-0.15, -0.1) is 0 Å². The number of hydrogen-bond acceptors (Lipinski definition) is 4. The predicted molar refractivity (Wildman–Crippen MR) is 133 cm³/mol. The number of rotatable bonds is 8. The van der Waals surface area contributed by atoms with E-state index < -0.39 is 27.9 Å². The van der Waals surface area contributed by atoms with Gasteiger partial charge in [-0.1, -0.05) is 57.8 Å². The van der Waals surface area contributed by atoms with Gasteiger partial charge in [-0.3, -0.25) is 4.55 Å². The second kappa shape index (κ2) is 11.3. The number of ether oxygens (including phenoxy) is 1. The Morgan fingerprint density at radius 1 is 0.757 bits per heavy atom. The van der Waals surface area contributed by atoms with E-state index in [2.05, 4.69) is 0 Å². The van der Waals surface area contributed by atoms with Crippen molar-refractivity contribution < 1.29 is 40.4 Å². The van der Waals surface area contributed by atoms with E-state index in [1.807, 2.05) is 6.07 Å². The number of alkyl halides is 4. The molecular weight excluding hydrogens is 512 g/mol. The van der Waals surface area contributed by atoms with E-state index >= 15 is 0 Å². The van der Waals surface area contributed by atoms with Crippen molar-refractivity contribution in [3.05, 3.63) is 22.8 Å². The van der Waals surface area contributed by atoms with Gasteiger partial charge in [0.2, 0.25) is 0 Å². The molecule has 0 aliphatic heterocycles. The second-order valence-corrected chi connectivity index (χ2v) is 12.6. The quantitative estimate of drug-likeness (QED) is 0.253. The summed E-state index contributed by atoms with van der Waals surface area (Å²) in [6, 6.07) is 1.85. The zero-order chi connectivity index (χ0) is 26.8. The first-order chi connectivity index (χ1) is 17.4. The first kappa shape index (κ1) is 28.5. The summed E-state index contributed by atoms with van der Waals surface area (Å²) in [6.07, 6.45) is 13.8. The number of phenols is 1. The Morgan fingerprint density at radius 3 is 1.65 bits per heavy atom. The molecule has 0 heterocycles. The summed E-state index contributed by atoms with van der Waals surface area (Å²) < 4.78 is 93.4. The molecule has 0 atom stereocenters. The molecule has 210 valence electrons. The Labute approximate surface area is 216 Å². The lowest BCUT2D eigenvalue weighted by Gasteiger charge is -2.34. The van der Waals surface area contributed by atoms with Crippen molar-refractivity contribution in [1.82, 2.24) is 0 Å². The van der Waals surface area contributed by atoms with Crippen LogP contribution in [-0.2, 0) is 10.1 Å². The Balaban J connectivity index is 1.82. The smallest absolute Gasteiger partial charge is 0.435 e. The molecule has 0 amide bonds. The molecule has 0 unspecified atom stereocenters. The van der Waals surface area contributed by atoms with E-state index in [0.29, 0.717) is 11.1 Å². The van der Waals surface area contributed by atoms with Gasteiger partial charge in [-0.05, 0) is 73.5 Å². The highest BCUT2D eigenvalue weighted by molar-refractivity contribution is 7.87. The molecule has 37 heavy (non-hydrogen) atoms. The van der Waals surface area contributed by atoms with Crippen LogP contribution < -0.4 is 4.74 Å². The number of hydrogen-bond donors (Lipinski definition) is 2. The van der Waals surface area contributed by atoms with Crippen molar-refractivity contribution >= 4 is 10.1 Å². The molecule has 1 aromatic rings. The highest BCUT2D eigenvalue weighted by Crippen LogP contribution is 2.52. The summed E-state index contributed by atoms with van der Waals surface area (Å²) in [4.78, 5) is 0. The van der Waals surface area contributed by atoms with Crippen molar-refractivity contribution in [1.29, 1.82) is 0 Å². The van der Waals surface area contributed by atoms with Gasteiger partial charge in [0.1, 0.15) is 11.5 Å². The molecule has 1 aromatic carbocycles. The molecule has 3 aliphatic rings. The van der Waals surface area contributed by atoms with Gasteiger partial charge >= 0.3 is 21.3 Å². The van der Waals surface area contributed by atoms with Crippen LogP contribution in [0.5, 0.6) is 11.5 Å². The summed E-state index contributed by atoms with van der Waals surface area (Å²) in [5, 5.41) is 5.86. The van der Waals surface area contributed by atoms with E-state index in [4.69, 9.17) is 9.29 Å². The monoisotopic (exact) mass is 550 g/mol. The number of benzene rings is 1. The molecule has 2 N–H and O–H groups in total. The van der Waals surface area contributed by atoms with Crippen molar-refractivity contribution in [2.24, 2.45) is 0 Å². The Morgan fingerprint density at radius 2 is 1.19 bits per heavy atom. The fraction of sp³-hybridized carbons (Fsp3) is 0.778. The molecule has 3 saturated carbocycles. The topological polar surface area (TPSA) is 83.8 Å². The third kappa shape index (κ3) is 5.89. The molecule has 10 heteroatoms. The summed E-state index contributed by atoms with van der Waals surface area (Å²) in [5.74, 6) is -5.21. The predicted octanol–water partition coefficient (Wildman–Crippen LogP) is 8.03. The Bertz CT molecular complexity index is 1040. The molecule has 0 bridgehead atoms. The zero-order valence-electron chi connectivity index (χ0n) is 21.2. The summed E-state index contributed by atoms with van der Waals surface area (Å²) in [6.45, 7) is -1.93. The highest BCUT2D eigenvalue weighted by Gasteiger charge is 2.66. The van der Waals surface area contributed by atoms with E-state index in [1.54, 1.807) is 0 Å². The number of halogens is 4. The minimum atomic E-state index is -6.37. The van der Waals surface area contributed by atoms with Gasteiger partial charge in [-0.25, -0.2) is 0 Å². The normalized spacial score (nSPS) is 21.8. The zero-order valence-corrected chi connectivity index (χ0v) is 22.0. The van der Waals surface area contributed by atoms with E-state index in [9.17, 15) is 31.1 Å². The van der Waals surface area contributed by atoms with Crippen molar-refractivity contribution in [3.63, 3.8) is 0 Å². The molecule has 5 nitrogen and oxygen atoms in total. The maximum Gasteiger partial charge on any atom is 0.435 e. The molecule has 0 saturated heterocycles. The average molecular weight is 551 g/mol. The summed E-state index contributed by atoms with van der Waals surface area (Å²) in [5.41, 5.74) is 1.86. The van der Waals surface area contributed by atoms with Gasteiger partial charge < -0.3 is 9.84 Å². The van der Waals surface area contributed by atoms with Crippen LogP contribution in [0.1, 0.15) is 131 Å². The van der Waals surface area contributed by atoms with Crippen LogP contribution in [0.3, 0.4) is 0 Å². The lowest BCUT2D eigenvalue weighted by atomic mass is 9.75. The van der Waals surface area contributed by atoms with Crippen LogP contribution in [0, 0.1) is 0 Å². The molecule has 0 aromatic heterocycles. The highest BCUT2D eigenvalue weighted by atomic mass is 32.2. The third-order valence-corrected chi connectivity index (χ3v) is 9.54. The van der Waals surface area contributed by atoms with Gasteiger partial charge in [-0.2, -0.15) is 26.0 Å². The van der Waals surface area contributed by atoms with Crippen LogP contribution in [0.4, 0.5) is 17.6 Å². The molecule has 4 rings (SSSR count). The fourth-order valence-electron chi connectivity index (χ4n) is 6.53. The van der Waals surface area contributed by atoms with Crippen LogP contribution >= 0.6 is 0 Å². The Kier molecular flexibility index (Phi) is 8.68.